The van der Waals surface area contributed by atoms with Crippen LogP contribution >= 0.6 is 0 Å². The van der Waals surface area contributed by atoms with Crippen LogP contribution < -0.4 is 9.75 Å². The minimum atomic E-state index is -4.72. The van der Waals surface area contributed by atoms with Crippen molar-refractivity contribution in [2.45, 2.75) is 50.4 Å². The van der Waals surface area contributed by atoms with Gasteiger partial charge in [-0.15, -0.1) is 13.2 Å². The number of benzene rings is 2. The number of nitrogens with zero attached hydrogens (tertiary/aromatic N) is 3. The normalized spacial score (nSPS) is 26.0. The van der Waals surface area contributed by atoms with Crippen molar-refractivity contribution < 1.29 is 41.7 Å². The fraction of sp³-hybridized carbons (Fsp3) is 0.462. The second-order valence-corrected chi connectivity index (χ2v) is 8.73. The van der Waals surface area contributed by atoms with Crippen LogP contribution in [0.15, 0.2) is 58.8 Å². The Kier molecular flexibility index (Phi) is 8.87. The van der Waals surface area contributed by atoms with Crippen LogP contribution in [-0.4, -0.2) is 76.9 Å². The zero-order chi connectivity index (χ0) is 27.3. The van der Waals surface area contributed by atoms with Crippen LogP contribution in [0.5, 0.6) is 5.75 Å². The van der Waals surface area contributed by atoms with E-state index < -0.39 is 18.8 Å². The number of rotatable bonds is 9. The number of oxime groups is 1. The number of methoxy groups -OCH3 is 3. The monoisotopic (exact) mass is 537 g/mol. The largest absolute Gasteiger partial charge is 0.573 e. The number of hydrazone groups is 1. The van der Waals surface area contributed by atoms with E-state index in [9.17, 15) is 13.2 Å². The second kappa shape index (κ2) is 12.1. The summed E-state index contributed by atoms with van der Waals surface area (Å²) in [7, 11) is 4.72. The van der Waals surface area contributed by atoms with Crippen LogP contribution in [-0.2, 0) is 23.8 Å². The smallest absolute Gasteiger partial charge is 0.406 e. The first-order valence-electron chi connectivity index (χ1n) is 12.0. The van der Waals surface area contributed by atoms with Crippen LogP contribution in [0, 0.1) is 0 Å². The molecule has 0 saturated carbocycles. The number of halogens is 3. The standard InChI is InChI=1S/C26H30F3N3O6/c1-16-22(33-2)23(34-3)24(35-4)25(36-16)38-30-15-17-5-7-18(8-6-17)21-13-14-32(31-21)19-9-11-20(12-10-19)37-26(27,28)29/h5-12,15-16,22-25H,13-14H2,1-4H3/b30-15+/t16-,22-,23+,24+,25-/m0/s1. The van der Waals surface area contributed by atoms with Crippen LogP contribution in [0.1, 0.15) is 24.5 Å². The minimum Gasteiger partial charge on any atom is -0.406 e. The highest BCUT2D eigenvalue weighted by Crippen LogP contribution is 2.29. The van der Waals surface area contributed by atoms with Gasteiger partial charge >= 0.3 is 6.36 Å². The lowest BCUT2D eigenvalue weighted by molar-refractivity contribution is -0.305. The summed E-state index contributed by atoms with van der Waals surface area (Å²) in [6, 6.07) is 13.2. The van der Waals surface area contributed by atoms with Gasteiger partial charge in [0.25, 0.3) is 6.29 Å². The Morgan fingerprint density at radius 1 is 0.947 bits per heavy atom. The molecule has 0 bridgehead atoms. The third-order valence-corrected chi connectivity index (χ3v) is 6.32. The minimum absolute atomic E-state index is 0.272. The molecule has 2 aliphatic rings. The van der Waals surface area contributed by atoms with Crippen LogP contribution in [0.25, 0.3) is 0 Å². The molecule has 12 heteroatoms. The molecule has 206 valence electrons. The highest BCUT2D eigenvalue weighted by Gasteiger charge is 2.47. The molecule has 1 saturated heterocycles. The molecule has 0 aromatic heterocycles. The third kappa shape index (κ3) is 6.62. The molecule has 0 aliphatic carbocycles. The summed E-state index contributed by atoms with van der Waals surface area (Å²) in [5.74, 6) is -0.272. The summed E-state index contributed by atoms with van der Waals surface area (Å²) in [4.78, 5) is 5.60. The van der Waals surface area contributed by atoms with E-state index in [-0.39, 0.29) is 24.1 Å². The molecular weight excluding hydrogens is 507 g/mol. The summed E-state index contributed by atoms with van der Waals surface area (Å²) < 4.78 is 63.5. The van der Waals surface area contributed by atoms with Crippen LogP contribution in [0.2, 0.25) is 0 Å². The first kappa shape index (κ1) is 27.8. The lowest BCUT2D eigenvalue weighted by Crippen LogP contribution is -2.59. The fourth-order valence-electron chi connectivity index (χ4n) is 4.48. The molecule has 1 fully saturated rings. The zero-order valence-corrected chi connectivity index (χ0v) is 21.4. The third-order valence-electron chi connectivity index (χ3n) is 6.32. The zero-order valence-electron chi connectivity index (χ0n) is 21.4. The van der Waals surface area contributed by atoms with Gasteiger partial charge in [0.05, 0.1) is 23.7 Å². The molecule has 4 rings (SSSR count). The number of hydrogen-bond donors (Lipinski definition) is 0. The molecule has 2 aliphatic heterocycles. The topological polar surface area (TPSA) is 83.3 Å². The van der Waals surface area contributed by atoms with Gasteiger partial charge in [0, 0.05) is 34.3 Å². The maximum atomic E-state index is 12.4. The molecule has 0 N–H and O–H groups in total. The number of hydrogen-bond acceptors (Lipinski definition) is 9. The Hall–Kier alpha value is -3.19. The van der Waals surface area contributed by atoms with Crippen molar-refractivity contribution in [3.05, 3.63) is 59.7 Å². The summed E-state index contributed by atoms with van der Waals surface area (Å²) in [6.45, 7) is 2.48. The van der Waals surface area contributed by atoms with Crippen molar-refractivity contribution in [3.63, 3.8) is 0 Å². The first-order valence-corrected chi connectivity index (χ1v) is 12.0. The van der Waals surface area contributed by atoms with E-state index in [1.807, 2.05) is 31.2 Å². The molecule has 2 aromatic rings. The average molecular weight is 538 g/mol. The Morgan fingerprint density at radius 3 is 2.21 bits per heavy atom. The Balaban J connectivity index is 1.36. The van der Waals surface area contributed by atoms with Crippen molar-refractivity contribution in [3.8, 4) is 5.75 Å². The lowest BCUT2D eigenvalue weighted by Gasteiger charge is -2.42. The predicted molar refractivity (Wildman–Crippen MR) is 133 cm³/mol. The fourth-order valence-corrected chi connectivity index (χ4v) is 4.48. The van der Waals surface area contributed by atoms with E-state index >= 15 is 0 Å². The second-order valence-electron chi connectivity index (χ2n) is 8.73. The molecule has 5 atom stereocenters. The van der Waals surface area contributed by atoms with Gasteiger partial charge < -0.3 is 28.5 Å². The van der Waals surface area contributed by atoms with Gasteiger partial charge in [-0.05, 0) is 42.3 Å². The van der Waals surface area contributed by atoms with Crippen LogP contribution in [0.4, 0.5) is 18.9 Å². The van der Waals surface area contributed by atoms with Gasteiger partial charge in [-0.3, -0.25) is 5.01 Å². The van der Waals surface area contributed by atoms with E-state index in [0.29, 0.717) is 18.7 Å². The van der Waals surface area contributed by atoms with Gasteiger partial charge in [0.15, 0.2) is 6.10 Å². The Bertz CT molecular complexity index is 1110. The molecule has 0 radical (unpaired) electrons. The SMILES string of the molecule is CO[C@@H]1[C@@H](OC)[C@H](C)O[C@@H](O/N=C/c2ccc(C3=NN(c4ccc(OC(F)(F)F)cc4)CC3)cc2)[C@@H]1OC. The molecule has 0 unspecified atom stereocenters. The van der Waals surface area contributed by atoms with Gasteiger partial charge in [-0.25, -0.2) is 0 Å². The maximum absolute atomic E-state index is 12.4. The molecule has 38 heavy (non-hydrogen) atoms. The summed E-state index contributed by atoms with van der Waals surface area (Å²) in [6.07, 6.45) is -4.73. The highest BCUT2D eigenvalue weighted by molar-refractivity contribution is 6.03. The van der Waals surface area contributed by atoms with E-state index in [1.165, 1.54) is 12.1 Å². The van der Waals surface area contributed by atoms with Crippen molar-refractivity contribution in [2.75, 3.05) is 32.9 Å². The Labute approximate surface area is 218 Å². The molecular formula is C26H30F3N3O6. The van der Waals surface area contributed by atoms with Gasteiger partial charge in [0.2, 0.25) is 0 Å². The van der Waals surface area contributed by atoms with Gasteiger partial charge in [0.1, 0.15) is 18.0 Å². The molecule has 0 amide bonds. The van der Waals surface area contributed by atoms with E-state index in [4.69, 9.17) is 23.8 Å². The molecule has 2 aromatic carbocycles. The number of alkyl halides is 3. The van der Waals surface area contributed by atoms with Crippen molar-refractivity contribution >= 4 is 17.6 Å². The van der Waals surface area contributed by atoms with Gasteiger partial charge in [-0.1, -0.05) is 29.4 Å². The molecule has 0 spiro atoms. The van der Waals surface area contributed by atoms with Crippen molar-refractivity contribution in [2.24, 2.45) is 10.3 Å². The molecule has 2 heterocycles. The Morgan fingerprint density at radius 2 is 1.61 bits per heavy atom. The van der Waals surface area contributed by atoms with E-state index in [2.05, 4.69) is 15.0 Å². The lowest BCUT2D eigenvalue weighted by atomic mass is 9.99. The van der Waals surface area contributed by atoms with E-state index in [0.717, 1.165) is 16.8 Å². The summed E-state index contributed by atoms with van der Waals surface area (Å²) in [5, 5.41) is 10.4. The predicted octanol–water partition coefficient (Wildman–Crippen LogP) is 4.34. The number of anilines is 1. The van der Waals surface area contributed by atoms with Crippen LogP contribution in [0.3, 0.4) is 0 Å². The summed E-state index contributed by atoms with van der Waals surface area (Å²) in [5.41, 5.74) is 3.28. The molecule has 9 nitrogen and oxygen atoms in total. The quantitative estimate of drug-likeness (QED) is 0.348. The van der Waals surface area contributed by atoms with Crippen molar-refractivity contribution in [1.29, 1.82) is 0 Å². The number of ether oxygens (including phenoxy) is 5. The first-order chi connectivity index (χ1) is 18.2. The van der Waals surface area contributed by atoms with Crippen molar-refractivity contribution in [1.82, 2.24) is 0 Å². The maximum Gasteiger partial charge on any atom is 0.573 e. The average Bonchev–Trinajstić information content (AvgIpc) is 3.38. The van der Waals surface area contributed by atoms with E-state index in [1.54, 1.807) is 44.7 Å². The highest BCUT2D eigenvalue weighted by atomic mass is 19.4. The van der Waals surface area contributed by atoms with Gasteiger partial charge in [-0.2, -0.15) is 5.10 Å². The summed E-state index contributed by atoms with van der Waals surface area (Å²) >= 11 is 0.